The zero-order valence-electron chi connectivity index (χ0n) is 18.1. The van der Waals surface area contributed by atoms with E-state index in [-0.39, 0.29) is 35.6 Å². The number of ether oxygens (including phenoxy) is 2. The third kappa shape index (κ3) is 3.26. The van der Waals surface area contributed by atoms with E-state index in [0.29, 0.717) is 26.1 Å². The van der Waals surface area contributed by atoms with Crippen LogP contribution < -0.4 is 20.3 Å². The molecule has 5 rings (SSSR count). The van der Waals surface area contributed by atoms with Gasteiger partial charge in [0.2, 0.25) is 5.91 Å². The number of benzene rings is 1. The molecule has 32 heavy (non-hydrogen) atoms. The van der Waals surface area contributed by atoms with Gasteiger partial charge in [0, 0.05) is 38.6 Å². The van der Waals surface area contributed by atoms with Crippen molar-refractivity contribution in [1.82, 2.24) is 4.98 Å². The molecule has 1 spiro atoms. The van der Waals surface area contributed by atoms with Crippen molar-refractivity contribution in [1.29, 1.82) is 0 Å². The van der Waals surface area contributed by atoms with E-state index in [1.165, 1.54) is 25.1 Å². The van der Waals surface area contributed by atoms with Crippen LogP contribution in [0.3, 0.4) is 0 Å². The average Bonchev–Trinajstić information content (AvgIpc) is 3.60. The summed E-state index contributed by atoms with van der Waals surface area (Å²) in [5.74, 6) is -1.39. The van der Waals surface area contributed by atoms with Crippen LogP contribution in [0, 0.1) is 11.6 Å². The van der Waals surface area contributed by atoms with Crippen molar-refractivity contribution in [2.75, 3.05) is 42.9 Å². The SMILES string of the molecule is CNc1cc(OC)c(F)c(N2Cc3cnc(NC4CCOCC4)cc3C3(CC3)C2=O)c1F. The van der Waals surface area contributed by atoms with Gasteiger partial charge < -0.3 is 25.0 Å². The van der Waals surface area contributed by atoms with Crippen molar-refractivity contribution in [2.24, 2.45) is 0 Å². The molecule has 2 aromatic rings. The molecule has 9 heteroatoms. The molecule has 2 aliphatic heterocycles. The molecule has 1 aromatic carbocycles. The van der Waals surface area contributed by atoms with E-state index >= 15 is 8.78 Å². The number of nitrogens with zero attached hydrogens (tertiary/aromatic N) is 2. The minimum Gasteiger partial charge on any atom is -0.494 e. The average molecular weight is 444 g/mol. The Morgan fingerprint density at radius 1 is 1.22 bits per heavy atom. The largest absolute Gasteiger partial charge is 0.494 e. The molecule has 3 aliphatic rings. The predicted molar refractivity (Wildman–Crippen MR) is 116 cm³/mol. The van der Waals surface area contributed by atoms with E-state index in [4.69, 9.17) is 9.47 Å². The second-order valence-electron chi connectivity index (χ2n) is 8.58. The molecular weight excluding hydrogens is 418 g/mol. The Morgan fingerprint density at radius 3 is 2.62 bits per heavy atom. The summed E-state index contributed by atoms with van der Waals surface area (Å²) in [5.41, 5.74) is 0.619. The van der Waals surface area contributed by atoms with E-state index in [0.717, 1.165) is 29.8 Å². The number of nitrogens with one attached hydrogen (secondary N) is 2. The van der Waals surface area contributed by atoms with Crippen LogP contribution >= 0.6 is 0 Å². The summed E-state index contributed by atoms with van der Waals surface area (Å²) < 4.78 is 40.8. The van der Waals surface area contributed by atoms with Gasteiger partial charge in [-0.25, -0.2) is 13.8 Å². The number of hydrogen-bond acceptors (Lipinski definition) is 6. The highest BCUT2D eigenvalue weighted by molar-refractivity contribution is 6.05. The number of fused-ring (bicyclic) bond motifs is 2. The summed E-state index contributed by atoms with van der Waals surface area (Å²) in [6.45, 7) is 1.48. The lowest BCUT2D eigenvalue weighted by Crippen LogP contribution is -2.45. The highest BCUT2D eigenvalue weighted by Gasteiger charge is 2.57. The molecule has 0 unspecified atom stereocenters. The molecule has 0 atom stereocenters. The van der Waals surface area contributed by atoms with E-state index in [1.54, 1.807) is 6.20 Å². The van der Waals surface area contributed by atoms with Gasteiger partial charge in [-0.05, 0) is 42.9 Å². The molecule has 7 nitrogen and oxygen atoms in total. The Bertz CT molecular complexity index is 1040. The molecule has 2 fully saturated rings. The topological polar surface area (TPSA) is 75.7 Å². The first-order valence-electron chi connectivity index (χ1n) is 10.9. The lowest BCUT2D eigenvalue weighted by Gasteiger charge is -2.35. The Balaban J connectivity index is 1.52. The maximum absolute atomic E-state index is 15.2. The van der Waals surface area contributed by atoms with Gasteiger partial charge in [0.15, 0.2) is 17.4 Å². The van der Waals surface area contributed by atoms with Gasteiger partial charge in [-0.3, -0.25) is 4.79 Å². The number of carbonyl (C=O) groups is 1. The van der Waals surface area contributed by atoms with Gasteiger partial charge in [0.05, 0.1) is 24.8 Å². The fraction of sp³-hybridized carbons (Fsp3) is 0.478. The molecule has 170 valence electrons. The second-order valence-corrected chi connectivity index (χ2v) is 8.58. The van der Waals surface area contributed by atoms with E-state index < -0.39 is 17.0 Å². The zero-order chi connectivity index (χ0) is 22.5. The molecule has 0 radical (unpaired) electrons. The number of hydrogen-bond donors (Lipinski definition) is 2. The number of halogens is 2. The van der Waals surface area contributed by atoms with Crippen LogP contribution in [0.25, 0.3) is 0 Å². The van der Waals surface area contributed by atoms with Gasteiger partial charge in [0.25, 0.3) is 0 Å². The number of rotatable bonds is 5. The Kier molecular flexibility index (Phi) is 5.16. The van der Waals surface area contributed by atoms with Gasteiger partial charge in [-0.15, -0.1) is 0 Å². The van der Waals surface area contributed by atoms with Crippen LogP contribution in [-0.2, 0) is 21.5 Å². The van der Waals surface area contributed by atoms with Gasteiger partial charge in [-0.2, -0.15) is 0 Å². The Morgan fingerprint density at radius 2 is 1.97 bits per heavy atom. The van der Waals surface area contributed by atoms with Gasteiger partial charge in [0.1, 0.15) is 11.5 Å². The normalized spacial score (nSPS) is 19.6. The molecule has 1 saturated carbocycles. The summed E-state index contributed by atoms with van der Waals surface area (Å²) in [6, 6.07) is 3.46. The molecule has 2 N–H and O–H groups in total. The number of methoxy groups -OCH3 is 1. The van der Waals surface area contributed by atoms with E-state index in [1.807, 2.05) is 6.07 Å². The van der Waals surface area contributed by atoms with Gasteiger partial charge in [-0.1, -0.05) is 0 Å². The molecule has 1 saturated heterocycles. The van der Waals surface area contributed by atoms with E-state index in [9.17, 15) is 4.79 Å². The van der Waals surface area contributed by atoms with Crippen molar-refractivity contribution < 1.29 is 23.0 Å². The monoisotopic (exact) mass is 444 g/mol. The first-order valence-corrected chi connectivity index (χ1v) is 10.9. The molecule has 0 bridgehead atoms. The van der Waals surface area contributed by atoms with Crippen LogP contribution in [-0.4, -0.2) is 44.3 Å². The third-order valence-electron chi connectivity index (χ3n) is 6.71. The molecule has 1 aromatic heterocycles. The van der Waals surface area contributed by atoms with Crippen LogP contribution in [0.4, 0.5) is 26.0 Å². The van der Waals surface area contributed by atoms with Crippen LogP contribution in [0.1, 0.15) is 36.8 Å². The van der Waals surface area contributed by atoms with Crippen LogP contribution in [0.15, 0.2) is 18.3 Å². The van der Waals surface area contributed by atoms with Crippen molar-refractivity contribution in [2.45, 2.75) is 43.7 Å². The lowest BCUT2D eigenvalue weighted by atomic mass is 9.86. The second kappa shape index (κ2) is 7.88. The zero-order valence-corrected chi connectivity index (χ0v) is 18.1. The summed E-state index contributed by atoms with van der Waals surface area (Å²) in [4.78, 5) is 19.3. The Labute approximate surface area is 185 Å². The minimum absolute atomic E-state index is 0.0463. The number of pyridine rings is 1. The highest BCUT2D eigenvalue weighted by atomic mass is 19.1. The van der Waals surface area contributed by atoms with Crippen molar-refractivity contribution in [3.05, 3.63) is 41.1 Å². The summed E-state index contributed by atoms with van der Waals surface area (Å²) in [7, 11) is 2.85. The standard InChI is InChI=1S/C23H26F2N4O3/c1-26-16-10-17(31-2)20(25)21(19(16)24)29-12-13-11-27-18(28-14-3-7-32-8-4-14)9-15(13)23(5-6-23)22(29)30/h9-11,14,26H,3-8,12H2,1-2H3,(H,27,28). The van der Waals surface area contributed by atoms with Crippen LogP contribution in [0.5, 0.6) is 5.75 Å². The quantitative estimate of drug-likeness (QED) is 0.734. The van der Waals surface area contributed by atoms with Gasteiger partial charge >= 0.3 is 0 Å². The summed E-state index contributed by atoms with van der Waals surface area (Å²) in [5, 5.41) is 6.15. The summed E-state index contributed by atoms with van der Waals surface area (Å²) >= 11 is 0. The number of amides is 1. The number of anilines is 3. The minimum atomic E-state index is -0.887. The molecule has 1 amide bonds. The highest BCUT2D eigenvalue weighted by Crippen LogP contribution is 2.55. The summed E-state index contributed by atoms with van der Waals surface area (Å²) in [6.07, 6.45) is 4.80. The smallest absolute Gasteiger partial charge is 0.238 e. The fourth-order valence-electron chi connectivity index (χ4n) is 4.76. The third-order valence-corrected chi connectivity index (χ3v) is 6.71. The number of carbonyl (C=O) groups excluding carboxylic acids is 1. The lowest BCUT2D eigenvalue weighted by molar-refractivity contribution is -0.121. The first-order chi connectivity index (χ1) is 15.5. The number of aromatic nitrogens is 1. The fourth-order valence-corrected chi connectivity index (χ4v) is 4.76. The Hall–Kier alpha value is -2.94. The maximum Gasteiger partial charge on any atom is 0.238 e. The van der Waals surface area contributed by atoms with Crippen LogP contribution in [0.2, 0.25) is 0 Å². The molecular formula is C23H26F2N4O3. The maximum atomic E-state index is 15.2. The van der Waals surface area contributed by atoms with Crippen molar-refractivity contribution in [3.8, 4) is 5.75 Å². The molecule has 3 heterocycles. The van der Waals surface area contributed by atoms with Crippen molar-refractivity contribution >= 4 is 23.1 Å². The van der Waals surface area contributed by atoms with E-state index in [2.05, 4.69) is 15.6 Å². The van der Waals surface area contributed by atoms with Crippen molar-refractivity contribution in [3.63, 3.8) is 0 Å². The first kappa shape index (κ1) is 20.9. The predicted octanol–water partition coefficient (Wildman–Crippen LogP) is 3.58. The molecule has 1 aliphatic carbocycles.